The van der Waals surface area contributed by atoms with E-state index in [1.807, 2.05) is 0 Å². The third-order valence-electron chi connectivity index (χ3n) is 4.24. The molecule has 0 aliphatic rings. The fourth-order valence-electron chi connectivity index (χ4n) is 2.75. The highest BCUT2D eigenvalue weighted by atomic mass is 16.5. The Morgan fingerprint density at radius 3 is 1.64 bits per heavy atom. The summed E-state index contributed by atoms with van der Waals surface area (Å²) in [5.74, 6) is -0.750. The maximum Gasteiger partial charge on any atom is 0.248 e. The molecule has 5 nitrogen and oxygen atoms in total. The van der Waals surface area contributed by atoms with E-state index in [1.54, 1.807) is 12.1 Å². The molecule has 0 unspecified atom stereocenters. The van der Waals surface area contributed by atoms with Crippen LogP contribution < -0.4 is 16.2 Å². The Kier molecular flexibility index (Phi) is 10.4. The highest BCUT2D eigenvalue weighted by Crippen LogP contribution is 2.18. The van der Waals surface area contributed by atoms with E-state index in [2.05, 4.69) is 6.92 Å². The first-order chi connectivity index (χ1) is 12.0. The monoisotopic (exact) mass is 348 g/mol. The molecule has 0 spiro atoms. The zero-order valence-electron chi connectivity index (χ0n) is 15.4. The highest BCUT2D eigenvalue weighted by molar-refractivity contribution is 5.99. The van der Waals surface area contributed by atoms with Crippen molar-refractivity contribution in [1.82, 2.24) is 0 Å². The molecule has 1 rings (SSSR count). The summed E-state index contributed by atoms with van der Waals surface area (Å²) in [6.07, 6.45) is 12.6. The van der Waals surface area contributed by atoms with Crippen LogP contribution in [0, 0.1) is 0 Å². The molecule has 0 radical (unpaired) electrons. The van der Waals surface area contributed by atoms with Gasteiger partial charge >= 0.3 is 0 Å². The summed E-state index contributed by atoms with van der Waals surface area (Å²) in [5, 5.41) is 0. The van der Waals surface area contributed by atoms with Crippen molar-refractivity contribution in [3.63, 3.8) is 0 Å². The highest BCUT2D eigenvalue weighted by Gasteiger charge is 2.09. The van der Waals surface area contributed by atoms with Gasteiger partial charge < -0.3 is 16.2 Å². The van der Waals surface area contributed by atoms with Gasteiger partial charge in [-0.1, -0.05) is 64.7 Å². The number of primary amides is 2. The van der Waals surface area contributed by atoms with Crippen LogP contribution in [-0.2, 0) is 0 Å². The van der Waals surface area contributed by atoms with E-state index >= 15 is 0 Å². The number of benzene rings is 1. The van der Waals surface area contributed by atoms with Crippen molar-refractivity contribution in [3.8, 4) is 5.75 Å². The van der Waals surface area contributed by atoms with Crippen LogP contribution in [0.2, 0.25) is 0 Å². The second kappa shape index (κ2) is 12.3. The molecule has 0 saturated carbocycles. The van der Waals surface area contributed by atoms with Crippen LogP contribution in [-0.4, -0.2) is 18.4 Å². The van der Waals surface area contributed by atoms with Crippen LogP contribution in [0.1, 0.15) is 91.8 Å². The van der Waals surface area contributed by atoms with Gasteiger partial charge in [-0.3, -0.25) is 9.59 Å². The molecule has 0 saturated heterocycles. The number of unbranched alkanes of at least 4 members (excludes halogenated alkanes) is 9. The van der Waals surface area contributed by atoms with Gasteiger partial charge in [-0.15, -0.1) is 0 Å². The van der Waals surface area contributed by atoms with Gasteiger partial charge in [0.05, 0.1) is 6.61 Å². The molecule has 0 fully saturated rings. The third-order valence-corrected chi connectivity index (χ3v) is 4.24. The van der Waals surface area contributed by atoms with Gasteiger partial charge in [-0.25, -0.2) is 0 Å². The number of ether oxygens (including phenoxy) is 1. The van der Waals surface area contributed by atoms with Gasteiger partial charge in [0.25, 0.3) is 0 Å². The van der Waals surface area contributed by atoms with Crippen molar-refractivity contribution in [2.24, 2.45) is 11.5 Å². The van der Waals surface area contributed by atoms with E-state index < -0.39 is 11.8 Å². The van der Waals surface area contributed by atoms with Gasteiger partial charge in [0.2, 0.25) is 11.8 Å². The van der Waals surface area contributed by atoms with Gasteiger partial charge in [0.15, 0.2) is 0 Å². The van der Waals surface area contributed by atoms with Crippen molar-refractivity contribution >= 4 is 11.8 Å². The predicted octanol–water partition coefficient (Wildman–Crippen LogP) is 4.18. The number of hydrogen-bond donors (Lipinski definition) is 2. The zero-order chi connectivity index (χ0) is 18.5. The smallest absolute Gasteiger partial charge is 0.248 e. The lowest BCUT2D eigenvalue weighted by Crippen LogP contribution is -2.16. The molecule has 0 bridgehead atoms. The predicted molar refractivity (Wildman–Crippen MR) is 101 cm³/mol. The maximum absolute atomic E-state index is 11.3. The van der Waals surface area contributed by atoms with Crippen LogP contribution >= 0.6 is 0 Å². The topological polar surface area (TPSA) is 95.4 Å². The largest absolute Gasteiger partial charge is 0.494 e. The fourth-order valence-corrected chi connectivity index (χ4v) is 2.75. The van der Waals surface area contributed by atoms with Gasteiger partial charge in [-0.05, 0) is 24.6 Å². The summed E-state index contributed by atoms with van der Waals surface area (Å²) >= 11 is 0. The number of hydrogen-bond acceptors (Lipinski definition) is 3. The number of carbonyl (C=O) groups excluding carboxylic acids is 2. The Hall–Kier alpha value is -2.04. The van der Waals surface area contributed by atoms with Crippen LogP contribution in [0.4, 0.5) is 0 Å². The molecule has 1 aromatic carbocycles. The third kappa shape index (κ3) is 9.13. The minimum Gasteiger partial charge on any atom is -0.494 e. The molecular weight excluding hydrogens is 316 g/mol. The summed E-state index contributed by atoms with van der Waals surface area (Å²) < 4.78 is 5.64. The Bertz CT molecular complexity index is 511. The summed E-state index contributed by atoms with van der Waals surface area (Å²) in [6.45, 7) is 2.79. The van der Waals surface area contributed by atoms with Crippen LogP contribution in [0.15, 0.2) is 18.2 Å². The molecule has 0 aromatic heterocycles. The van der Waals surface area contributed by atoms with Crippen LogP contribution in [0.25, 0.3) is 0 Å². The fraction of sp³-hybridized carbons (Fsp3) is 0.600. The second-order valence-electron chi connectivity index (χ2n) is 6.51. The molecule has 0 aliphatic heterocycles. The van der Waals surface area contributed by atoms with Crippen molar-refractivity contribution in [3.05, 3.63) is 29.3 Å². The Morgan fingerprint density at radius 2 is 1.20 bits per heavy atom. The Balaban J connectivity index is 2.21. The van der Waals surface area contributed by atoms with E-state index in [0.29, 0.717) is 12.4 Å². The Labute approximate surface area is 151 Å². The van der Waals surface area contributed by atoms with Crippen molar-refractivity contribution in [2.45, 2.75) is 71.1 Å². The van der Waals surface area contributed by atoms with E-state index in [0.717, 1.165) is 12.8 Å². The lowest BCUT2D eigenvalue weighted by molar-refractivity contribution is 0.0999. The maximum atomic E-state index is 11.3. The first-order valence-electron chi connectivity index (χ1n) is 9.42. The summed E-state index contributed by atoms with van der Waals surface area (Å²) in [4.78, 5) is 22.6. The summed E-state index contributed by atoms with van der Waals surface area (Å²) in [6, 6.07) is 4.48. The minimum absolute atomic E-state index is 0.231. The first kappa shape index (κ1) is 21.0. The number of amides is 2. The van der Waals surface area contributed by atoms with Gasteiger partial charge in [0, 0.05) is 11.1 Å². The van der Waals surface area contributed by atoms with Crippen molar-refractivity contribution < 1.29 is 14.3 Å². The second-order valence-corrected chi connectivity index (χ2v) is 6.51. The average molecular weight is 348 g/mol. The number of rotatable bonds is 14. The van der Waals surface area contributed by atoms with Crippen LogP contribution in [0.5, 0.6) is 5.75 Å². The molecule has 140 valence electrons. The molecule has 0 heterocycles. The first-order valence-corrected chi connectivity index (χ1v) is 9.42. The average Bonchev–Trinajstić information content (AvgIpc) is 2.59. The van der Waals surface area contributed by atoms with Crippen molar-refractivity contribution in [2.75, 3.05) is 6.61 Å². The molecule has 25 heavy (non-hydrogen) atoms. The molecule has 4 N–H and O–H groups in total. The molecule has 2 amide bonds. The zero-order valence-corrected chi connectivity index (χ0v) is 15.4. The van der Waals surface area contributed by atoms with Crippen LogP contribution in [0.3, 0.4) is 0 Å². The van der Waals surface area contributed by atoms with E-state index in [4.69, 9.17) is 16.2 Å². The molecule has 0 atom stereocenters. The summed E-state index contributed by atoms with van der Waals surface area (Å²) in [5.41, 5.74) is 11.0. The van der Waals surface area contributed by atoms with Gasteiger partial charge in [-0.2, -0.15) is 0 Å². The van der Waals surface area contributed by atoms with E-state index in [9.17, 15) is 9.59 Å². The molecule has 1 aromatic rings. The van der Waals surface area contributed by atoms with Gasteiger partial charge in [0.1, 0.15) is 5.75 Å². The quantitative estimate of drug-likeness (QED) is 0.494. The minimum atomic E-state index is -0.605. The SMILES string of the molecule is CCCCCCCCCCCCOc1cc(C(N)=O)cc(C(N)=O)c1. The van der Waals surface area contributed by atoms with E-state index in [-0.39, 0.29) is 11.1 Å². The molecular formula is C20H32N2O3. The normalized spacial score (nSPS) is 10.6. The number of carbonyl (C=O) groups is 2. The summed E-state index contributed by atoms with van der Waals surface area (Å²) in [7, 11) is 0. The number of nitrogens with two attached hydrogens (primary N) is 2. The Morgan fingerprint density at radius 1 is 0.760 bits per heavy atom. The van der Waals surface area contributed by atoms with Crippen molar-refractivity contribution in [1.29, 1.82) is 0 Å². The lowest BCUT2D eigenvalue weighted by atomic mass is 10.1. The van der Waals surface area contributed by atoms with E-state index in [1.165, 1.54) is 57.4 Å². The molecule has 0 aliphatic carbocycles. The standard InChI is InChI=1S/C20H32N2O3/c1-2-3-4-5-6-7-8-9-10-11-12-25-18-14-16(19(21)23)13-17(15-18)20(22)24/h13-15H,2-12H2,1H3,(H2,21,23)(H2,22,24). The molecule has 5 heteroatoms. The lowest BCUT2D eigenvalue weighted by Gasteiger charge is -2.09.